The van der Waals surface area contributed by atoms with Crippen LogP contribution in [0.15, 0.2) is 42.6 Å². The molecule has 1 atom stereocenters. The van der Waals surface area contributed by atoms with Crippen molar-refractivity contribution in [2.75, 3.05) is 7.11 Å². The molecule has 0 saturated heterocycles. The van der Waals surface area contributed by atoms with E-state index in [0.717, 1.165) is 11.1 Å². The third-order valence-corrected chi connectivity index (χ3v) is 3.17. The molecule has 1 aromatic carbocycles. The van der Waals surface area contributed by atoms with E-state index in [1.807, 2.05) is 24.3 Å². The van der Waals surface area contributed by atoms with E-state index in [1.165, 1.54) is 19.4 Å². The molecule has 0 aliphatic carbocycles. The van der Waals surface area contributed by atoms with Crippen LogP contribution in [0.3, 0.4) is 0 Å². The quantitative estimate of drug-likeness (QED) is 0.511. The second-order valence-corrected chi connectivity index (χ2v) is 4.69. The van der Waals surface area contributed by atoms with Crippen LogP contribution in [0.1, 0.15) is 5.56 Å². The zero-order chi connectivity index (χ0) is 16.1. The van der Waals surface area contributed by atoms with Crippen molar-refractivity contribution in [3.05, 3.63) is 58.3 Å². The first-order valence-electron chi connectivity index (χ1n) is 6.54. The molecule has 7 heteroatoms. The van der Waals surface area contributed by atoms with Crippen LogP contribution in [0.5, 0.6) is 0 Å². The van der Waals surface area contributed by atoms with Crippen molar-refractivity contribution < 1.29 is 14.5 Å². The van der Waals surface area contributed by atoms with Gasteiger partial charge in [0.25, 0.3) is 5.69 Å². The summed E-state index contributed by atoms with van der Waals surface area (Å²) in [5, 5.41) is 10.6. The van der Waals surface area contributed by atoms with Crippen molar-refractivity contribution in [1.29, 1.82) is 0 Å². The van der Waals surface area contributed by atoms with Crippen LogP contribution in [0.25, 0.3) is 11.3 Å². The molecule has 0 radical (unpaired) electrons. The molecule has 22 heavy (non-hydrogen) atoms. The maximum Gasteiger partial charge on any atom is 0.322 e. The highest BCUT2D eigenvalue weighted by molar-refractivity contribution is 5.75. The number of hydrogen-bond acceptors (Lipinski definition) is 6. The summed E-state index contributed by atoms with van der Waals surface area (Å²) in [6, 6.07) is 9.62. The van der Waals surface area contributed by atoms with Crippen LogP contribution < -0.4 is 5.73 Å². The van der Waals surface area contributed by atoms with Gasteiger partial charge in [0.1, 0.15) is 12.2 Å². The molecule has 1 aromatic heterocycles. The Hall–Kier alpha value is -2.80. The number of nitrogens with two attached hydrogens (primary N) is 1. The number of ether oxygens (including phenoxy) is 1. The SMILES string of the molecule is COC(=O)C(N)Cc1ccc(-c2ccc([N+](=O)[O-])cn2)cc1. The van der Waals surface area contributed by atoms with E-state index in [-0.39, 0.29) is 5.69 Å². The van der Waals surface area contributed by atoms with Gasteiger partial charge in [-0.15, -0.1) is 0 Å². The van der Waals surface area contributed by atoms with Crippen molar-refractivity contribution in [3.63, 3.8) is 0 Å². The van der Waals surface area contributed by atoms with E-state index in [1.54, 1.807) is 6.07 Å². The third kappa shape index (κ3) is 3.64. The van der Waals surface area contributed by atoms with Crippen LogP contribution in [0, 0.1) is 10.1 Å². The zero-order valence-corrected chi connectivity index (χ0v) is 11.9. The number of nitrogens with zero attached hydrogens (tertiary/aromatic N) is 2. The number of rotatable bonds is 5. The van der Waals surface area contributed by atoms with Crippen molar-refractivity contribution in [3.8, 4) is 11.3 Å². The summed E-state index contributed by atoms with van der Waals surface area (Å²) in [4.78, 5) is 25.4. The molecular formula is C15H15N3O4. The van der Waals surface area contributed by atoms with E-state index in [9.17, 15) is 14.9 Å². The lowest BCUT2D eigenvalue weighted by atomic mass is 10.0. The van der Waals surface area contributed by atoms with Crippen molar-refractivity contribution >= 4 is 11.7 Å². The molecule has 0 aliphatic heterocycles. The lowest BCUT2D eigenvalue weighted by molar-refractivity contribution is -0.385. The summed E-state index contributed by atoms with van der Waals surface area (Å²) >= 11 is 0. The molecule has 0 saturated carbocycles. The van der Waals surface area contributed by atoms with E-state index < -0.39 is 16.9 Å². The first-order valence-corrected chi connectivity index (χ1v) is 6.54. The Kier molecular flexibility index (Phi) is 4.80. The van der Waals surface area contributed by atoms with Crippen LogP contribution in [-0.2, 0) is 16.0 Å². The van der Waals surface area contributed by atoms with Crippen LogP contribution in [-0.4, -0.2) is 29.0 Å². The average molecular weight is 301 g/mol. The van der Waals surface area contributed by atoms with Gasteiger partial charge >= 0.3 is 5.97 Å². The molecule has 0 fully saturated rings. The predicted molar refractivity (Wildman–Crippen MR) is 80.0 cm³/mol. The van der Waals surface area contributed by atoms with Crippen molar-refractivity contribution in [2.45, 2.75) is 12.5 Å². The molecule has 0 bridgehead atoms. The maximum absolute atomic E-state index is 11.3. The predicted octanol–water partition coefficient (Wildman–Crippen LogP) is 1.70. The first-order chi connectivity index (χ1) is 10.5. The molecular weight excluding hydrogens is 286 g/mol. The minimum Gasteiger partial charge on any atom is -0.468 e. The lowest BCUT2D eigenvalue weighted by Crippen LogP contribution is -2.33. The Bertz CT molecular complexity index is 668. The maximum atomic E-state index is 11.3. The first kappa shape index (κ1) is 15.6. The van der Waals surface area contributed by atoms with E-state index in [0.29, 0.717) is 12.1 Å². The molecule has 2 N–H and O–H groups in total. The van der Waals surface area contributed by atoms with E-state index in [2.05, 4.69) is 9.72 Å². The number of aromatic nitrogens is 1. The zero-order valence-electron chi connectivity index (χ0n) is 11.9. The molecule has 7 nitrogen and oxygen atoms in total. The highest BCUT2D eigenvalue weighted by atomic mass is 16.6. The Morgan fingerprint density at radius 1 is 1.32 bits per heavy atom. The van der Waals surface area contributed by atoms with Gasteiger partial charge in [0.05, 0.1) is 17.7 Å². The van der Waals surface area contributed by atoms with Gasteiger partial charge in [-0.2, -0.15) is 0 Å². The fourth-order valence-electron chi connectivity index (χ4n) is 1.97. The third-order valence-electron chi connectivity index (χ3n) is 3.17. The molecule has 114 valence electrons. The standard InChI is InChI=1S/C15H15N3O4/c1-22-15(19)13(16)8-10-2-4-11(5-3-10)14-7-6-12(9-17-14)18(20)21/h2-7,9,13H,8,16H2,1H3. The highest BCUT2D eigenvalue weighted by Gasteiger charge is 2.14. The summed E-state index contributed by atoms with van der Waals surface area (Å²) in [6.45, 7) is 0. The normalized spacial score (nSPS) is 11.7. The van der Waals surface area contributed by atoms with Gasteiger partial charge < -0.3 is 10.5 Å². The Morgan fingerprint density at radius 2 is 2.00 bits per heavy atom. The number of pyridine rings is 1. The van der Waals surface area contributed by atoms with Gasteiger partial charge in [0.15, 0.2) is 0 Å². The second kappa shape index (κ2) is 6.77. The van der Waals surface area contributed by atoms with Gasteiger partial charge in [-0.05, 0) is 18.1 Å². The van der Waals surface area contributed by atoms with Gasteiger partial charge in [-0.3, -0.25) is 14.9 Å². The fraction of sp³-hybridized carbons (Fsp3) is 0.200. The van der Waals surface area contributed by atoms with Gasteiger partial charge in [-0.1, -0.05) is 24.3 Å². The summed E-state index contributed by atoms with van der Waals surface area (Å²) in [5.41, 5.74) is 8.00. The van der Waals surface area contributed by atoms with Crippen molar-refractivity contribution in [1.82, 2.24) is 4.98 Å². The Labute approximate surface area is 126 Å². The summed E-state index contributed by atoms with van der Waals surface area (Å²) in [7, 11) is 1.30. The van der Waals surface area contributed by atoms with Crippen LogP contribution in [0.4, 0.5) is 5.69 Å². The Morgan fingerprint density at radius 3 is 2.50 bits per heavy atom. The molecule has 1 unspecified atom stereocenters. The summed E-state index contributed by atoms with van der Waals surface area (Å²) < 4.78 is 4.58. The topological polar surface area (TPSA) is 108 Å². The number of esters is 1. The van der Waals surface area contributed by atoms with Crippen molar-refractivity contribution in [2.24, 2.45) is 5.73 Å². The summed E-state index contributed by atoms with van der Waals surface area (Å²) in [6.07, 6.45) is 1.59. The second-order valence-electron chi connectivity index (χ2n) is 4.69. The number of benzene rings is 1. The molecule has 2 aromatic rings. The largest absolute Gasteiger partial charge is 0.468 e. The molecule has 2 rings (SSSR count). The summed E-state index contributed by atoms with van der Waals surface area (Å²) in [5.74, 6) is -0.457. The van der Waals surface area contributed by atoms with Crippen LogP contribution >= 0.6 is 0 Å². The average Bonchev–Trinajstić information content (AvgIpc) is 2.54. The van der Waals surface area contributed by atoms with Gasteiger partial charge in [0.2, 0.25) is 0 Å². The van der Waals surface area contributed by atoms with E-state index >= 15 is 0 Å². The number of carbonyl (C=O) groups is 1. The molecule has 1 heterocycles. The smallest absolute Gasteiger partial charge is 0.322 e. The monoisotopic (exact) mass is 301 g/mol. The molecule has 0 aliphatic rings. The van der Waals surface area contributed by atoms with Crippen LogP contribution in [0.2, 0.25) is 0 Å². The fourth-order valence-corrected chi connectivity index (χ4v) is 1.97. The molecule has 0 amide bonds. The van der Waals surface area contributed by atoms with Gasteiger partial charge in [-0.25, -0.2) is 4.98 Å². The minimum absolute atomic E-state index is 0.0515. The number of hydrogen-bond donors (Lipinski definition) is 1. The van der Waals surface area contributed by atoms with E-state index in [4.69, 9.17) is 5.73 Å². The highest BCUT2D eigenvalue weighted by Crippen LogP contribution is 2.20. The number of carbonyl (C=O) groups excluding carboxylic acids is 1. The Balaban J connectivity index is 2.11. The minimum atomic E-state index is -0.701. The molecule has 0 spiro atoms. The number of nitro groups is 1. The van der Waals surface area contributed by atoms with Gasteiger partial charge in [0, 0.05) is 11.6 Å². The lowest BCUT2D eigenvalue weighted by Gasteiger charge is -2.09. The number of methoxy groups -OCH3 is 1.